The number of hydrogen-bond acceptors (Lipinski definition) is 5. The van der Waals surface area contributed by atoms with E-state index in [-0.39, 0.29) is 24.4 Å². The van der Waals surface area contributed by atoms with E-state index in [0.717, 1.165) is 24.1 Å². The summed E-state index contributed by atoms with van der Waals surface area (Å²) in [5.41, 5.74) is -0.413. The molecule has 2 fully saturated rings. The molecule has 3 rings (SSSR count). The minimum absolute atomic E-state index is 0. The largest absolute Gasteiger partial charge is 0.355 e. The molecule has 0 aliphatic carbocycles. The summed E-state index contributed by atoms with van der Waals surface area (Å²) in [6, 6.07) is 4.32. The molecule has 0 radical (unpaired) electrons. The summed E-state index contributed by atoms with van der Waals surface area (Å²) >= 11 is 1.32. The van der Waals surface area contributed by atoms with Crippen LogP contribution >= 0.6 is 23.7 Å². The molecule has 0 spiro atoms. The number of amides is 1. The molecule has 0 aromatic carbocycles. The van der Waals surface area contributed by atoms with Gasteiger partial charge in [-0.2, -0.15) is 4.31 Å². The minimum Gasteiger partial charge on any atom is -0.355 e. The first-order valence-corrected chi connectivity index (χ1v) is 11.5. The van der Waals surface area contributed by atoms with Gasteiger partial charge in [-0.25, -0.2) is 8.42 Å². The van der Waals surface area contributed by atoms with Gasteiger partial charge in [0.1, 0.15) is 4.21 Å². The highest BCUT2D eigenvalue weighted by Gasteiger charge is 2.35. The number of carbonyl (C=O) groups is 1. The lowest BCUT2D eigenvalue weighted by Gasteiger charge is -2.22. The molecular formula is C18H30ClN3O3S2. The molecule has 3 heterocycles. The minimum atomic E-state index is -3.43. The first-order valence-electron chi connectivity index (χ1n) is 9.29. The van der Waals surface area contributed by atoms with Crippen molar-refractivity contribution in [3.05, 3.63) is 17.0 Å². The first-order chi connectivity index (χ1) is 12.2. The Morgan fingerprint density at radius 1 is 1.26 bits per heavy atom. The molecule has 2 N–H and O–H groups in total. The van der Waals surface area contributed by atoms with Crippen molar-refractivity contribution in [1.29, 1.82) is 0 Å². The van der Waals surface area contributed by atoms with Gasteiger partial charge in [-0.1, -0.05) is 20.8 Å². The zero-order valence-electron chi connectivity index (χ0n) is 16.2. The Morgan fingerprint density at radius 2 is 1.96 bits per heavy atom. The number of sulfonamides is 1. The van der Waals surface area contributed by atoms with Crippen LogP contribution in [0.4, 0.5) is 0 Å². The molecule has 6 nitrogen and oxygen atoms in total. The van der Waals surface area contributed by atoms with Crippen molar-refractivity contribution in [1.82, 2.24) is 14.9 Å². The molecule has 2 aliphatic heterocycles. The topological polar surface area (TPSA) is 78.5 Å². The Hall–Kier alpha value is -0.670. The van der Waals surface area contributed by atoms with Crippen molar-refractivity contribution in [2.75, 3.05) is 19.6 Å². The Labute approximate surface area is 172 Å². The van der Waals surface area contributed by atoms with Crippen LogP contribution in [-0.4, -0.2) is 50.3 Å². The third-order valence-electron chi connectivity index (χ3n) is 5.06. The molecule has 9 heteroatoms. The van der Waals surface area contributed by atoms with Crippen LogP contribution in [0.5, 0.6) is 0 Å². The lowest BCUT2D eigenvalue weighted by molar-refractivity contribution is -0.128. The summed E-state index contributed by atoms with van der Waals surface area (Å²) in [5.74, 6) is 0.00835. The predicted octanol–water partition coefficient (Wildman–Crippen LogP) is 2.39. The van der Waals surface area contributed by atoms with Crippen LogP contribution in [0.1, 0.15) is 44.9 Å². The standard InChI is InChI=1S/C18H29N3O3S2.ClH/c1-18(2,3)17(22)19-10-8-15-6-7-16(25-15)26(23,24)21-11-9-13-4-5-14(12-21)20-13;/h6-7,13-14,20H,4-5,8-12H2,1-3H3,(H,19,22);1H. The lowest BCUT2D eigenvalue weighted by atomic mass is 9.96. The van der Waals surface area contributed by atoms with Crippen molar-refractivity contribution in [3.8, 4) is 0 Å². The summed E-state index contributed by atoms with van der Waals surface area (Å²) < 4.78 is 28.0. The van der Waals surface area contributed by atoms with Crippen molar-refractivity contribution in [2.24, 2.45) is 5.41 Å². The molecule has 2 unspecified atom stereocenters. The molecule has 154 valence electrons. The fraction of sp³-hybridized carbons (Fsp3) is 0.722. The highest BCUT2D eigenvalue weighted by Crippen LogP contribution is 2.29. The van der Waals surface area contributed by atoms with Crippen LogP contribution in [0.3, 0.4) is 0 Å². The highest BCUT2D eigenvalue weighted by molar-refractivity contribution is 7.91. The van der Waals surface area contributed by atoms with E-state index < -0.39 is 15.4 Å². The van der Waals surface area contributed by atoms with Crippen LogP contribution in [0.15, 0.2) is 16.3 Å². The van der Waals surface area contributed by atoms with E-state index in [9.17, 15) is 13.2 Å². The maximum absolute atomic E-state index is 13.0. The number of nitrogens with one attached hydrogen (secondary N) is 2. The van der Waals surface area contributed by atoms with E-state index in [1.54, 1.807) is 10.4 Å². The second-order valence-electron chi connectivity index (χ2n) is 8.27. The fourth-order valence-electron chi connectivity index (χ4n) is 3.45. The number of rotatable bonds is 5. The third kappa shape index (κ3) is 5.44. The van der Waals surface area contributed by atoms with Gasteiger partial charge >= 0.3 is 0 Å². The monoisotopic (exact) mass is 435 g/mol. The molecule has 27 heavy (non-hydrogen) atoms. The lowest BCUT2D eigenvalue weighted by Crippen LogP contribution is -2.38. The highest BCUT2D eigenvalue weighted by atomic mass is 35.5. The Kier molecular flexibility index (Phi) is 7.35. The van der Waals surface area contributed by atoms with Crippen LogP contribution in [0.2, 0.25) is 0 Å². The molecule has 1 aromatic rings. The van der Waals surface area contributed by atoms with E-state index in [4.69, 9.17) is 0 Å². The third-order valence-corrected chi connectivity index (χ3v) is 8.53. The molecule has 2 saturated heterocycles. The number of halogens is 1. The van der Waals surface area contributed by atoms with Crippen LogP contribution in [-0.2, 0) is 21.2 Å². The smallest absolute Gasteiger partial charge is 0.252 e. The van der Waals surface area contributed by atoms with E-state index in [2.05, 4.69) is 10.6 Å². The van der Waals surface area contributed by atoms with Crippen LogP contribution in [0.25, 0.3) is 0 Å². The maximum atomic E-state index is 13.0. The summed E-state index contributed by atoms with van der Waals surface area (Å²) in [7, 11) is -3.43. The molecule has 2 atom stereocenters. The van der Waals surface area contributed by atoms with Crippen molar-refractivity contribution >= 4 is 39.7 Å². The number of carbonyl (C=O) groups excluding carboxylic acids is 1. The molecule has 1 aromatic heterocycles. The number of hydrogen-bond donors (Lipinski definition) is 2. The number of fused-ring (bicyclic) bond motifs is 2. The van der Waals surface area contributed by atoms with Gasteiger partial charge in [0, 0.05) is 42.0 Å². The van der Waals surface area contributed by atoms with Gasteiger partial charge in [0.25, 0.3) is 10.0 Å². The molecule has 1 amide bonds. The average molecular weight is 436 g/mol. The van der Waals surface area contributed by atoms with Crippen molar-refractivity contribution in [2.45, 2.75) is 62.7 Å². The summed E-state index contributed by atoms with van der Waals surface area (Å²) in [6.07, 6.45) is 3.74. The second kappa shape index (κ2) is 8.78. The van der Waals surface area contributed by atoms with Gasteiger partial charge in [-0.3, -0.25) is 4.79 Å². The van der Waals surface area contributed by atoms with Crippen molar-refractivity contribution < 1.29 is 13.2 Å². The molecular weight excluding hydrogens is 406 g/mol. The maximum Gasteiger partial charge on any atom is 0.252 e. The predicted molar refractivity (Wildman–Crippen MR) is 111 cm³/mol. The van der Waals surface area contributed by atoms with Crippen LogP contribution < -0.4 is 10.6 Å². The van der Waals surface area contributed by atoms with Gasteiger partial charge in [-0.05, 0) is 37.8 Å². The van der Waals surface area contributed by atoms with Gasteiger partial charge in [0.2, 0.25) is 5.91 Å². The summed E-state index contributed by atoms with van der Waals surface area (Å²) in [6.45, 7) is 7.30. The summed E-state index contributed by atoms with van der Waals surface area (Å²) in [5, 5.41) is 6.43. The molecule has 2 aliphatic rings. The Balaban J connectivity index is 0.00000261. The normalized spacial score (nSPS) is 23.5. The zero-order valence-corrected chi connectivity index (χ0v) is 18.6. The van der Waals surface area contributed by atoms with Gasteiger partial charge in [-0.15, -0.1) is 23.7 Å². The quantitative estimate of drug-likeness (QED) is 0.744. The average Bonchev–Trinajstić information content (AvgIpc) is 3.13. The number of nitrogens with zero attached hydrogens (tertiary/aromatic N) is 1. The zero-order chi connectivity index (χ0) is 18.9. The summed E-state index contributed by atoms with van der Waals surface area (Å²) in [4.78, 5) is 12.9. The van der Waals surface area contributed by atoms with E-state index >= 15 is 0 Å². The SMILES string of the molecule is CC(C)(C)C(=O)NCCc1ccc(S(=O)(=O)N2CCC3CCC(C2)N3)s1.Cl. The molecule has 0 saturated carbocycles. The second-order valence-corrected chi connectivity index (χ2v) is 11.6. The van der Waals surface area contributed by atoms with E-state index in [0.29, 0.717) is 36.3 Å². The van der Waals surface area contributed by atoms with Crippen LogP contribution in [0, 0.1) is 5.41 Å². The van der Waals surface area contributed by atoms with Crippen molar-refractivity contribution in [3.63, 3.8) is 0 Å². The number of thiophene rings is 1. The van der Waals surface area contributed by atoms with Gasteiger partial charge in [0.05, 0.1) is 0 Å². The fourth-order valence-corrected chi connectivity index (χ4v) is 6.46. The van der Waals surface area contributed by atoms with E-state index in [1.165, 1.54) is 11.3 Å². The Morgan fingerprint density at radius 3 is 2.67 bits per heavy atom. The Bertz CT molecular complexity index is 758. The van der Waals surface area contributed by atoms with Gasteiger partial charge in [0.15, 0.2) is 0 Å². The molecule has 2 bridgehead atoms. The first kappa shape index (κ1) is 22.6. The van der Waals surface area contributed by atoms with Gasteiger partial charge < -0.3 is 10.6 Å². The van der Waals surface area contributed by atoms with E-state index in [1.807, 2.05) is 26.8 Å².